The molecule has 2 rings (SSSR count). The predicted molar refractivity (Wildman–Crippen MR) is 87.9 cm³/mol. The van der Waals surface area contributed by atoms with Gasteiger partial charge in [0.15, 0.2) is 5.13 Å². The van der Waals surface area contributed by atoms with Crippen LogP contribution in [0.4, 0.5) is 10.9 Å². The van der Waals surface area contributed by atoms with E-state index in [9.17, 15) is 4.79 Å². The number of carbonyl (C=O) groups excluding carboxylic acids is 1. The number of hydrogen-bond acceptors (Lipinski definition) is 6. The molecule has 0 aliphatic carbocycles. The average Bonchev–Trinajstić information content (AvgIpc) is 3.05. The number of nitrogens with two attached hydrogens (primary N) is 1. The summed E-state index contributed by atoms with van der Waals surface area (Å²) in [5.41, 5.74) is 5.89. The minimum absolute atomic E-state index is 0.0207. The quantitative estimate of drug-likeness (QED) is 0.872. The minimum Gasteiger partial charge on any atom is -0.382 e. The van der Waals surface area contributed by atoms with E-state index >= 15 is 0 Å². The van der Waals surface area contributed by atoms with Gasteiger partial charge in [-0.15, -0.1) is 0 Å². The number of thiazole rings is 1. The number of anilines is 2. The van der Waals surface area contributed by atoms with Gasteiger partial charge in [-0.3, -0.25) is 4.79 Å². The van der Waals surface area contributed by atoms with Gasteiger partial charge in [0.25, 0.3) is 5.91 Å². The molecule has 7 heteroatoms. The van der Waals surface area contributed by atoms with Gasteiger partial charge in [-0.2, -0.15) is 11.8 Å². The summed E-state index contributed by atoms with van der Waals surface area (Å²) >= 11 is 3.12. The van der Waals surface area contributed by atoms with E-state index in [2.05, 4.69) is 29.0 Å². The van der Waals surface area contributed by atoms with Crippen molar-refractivity contribution in [3.8, 4) is 0 Å². The topological polar surface area (TPSA) is 71.2 Å². The van der Waals surface area contributed by atoms with Crippen molar-refractivity contribution >= 4 is 40.0 Å². The van der Waals surface area contributed by atoms with Gasteiger partial charge in [-0.05, 0) is 32.9 Å². The Bertz CT molecular complexity index is 481. The first-order valence-corrected chi connectivity index (χ1v) is 8.82. The van der Waals surface area contributed by atoms with Crippen molar-refractivity contribution in [3.63, 3.8) is 0 Å². The van der Waals surface area contributed by atoms with E-state index in [1.807, 2.05) is 6.26 Å². The first-order valence-electron chi connectivity index (χ1n) is 6.77. The van der Waals surface area contributed by atoms with E-state index in [1.165, 1.54) is 24.2 Å². The molecule has 1 aromatic rings. The Morgan fingerprint density at radius 3 is 2.75 bits per heavy atom. The summed E-state index contributed by atoms with van der Waals surface area (Å²) in [5, 5.41) is 3.82. The third-order valence-corrected chi connectivity index (χ3v) is 5.83. The standard InChI is InChI=1S/C13H22N4OS2/c1-13(2,19-3)8-15-11(18)9-10(14)16-12(20-9)17-6-4-5-7-17/h4-8,14H2,1-3H3,(H,15,18). The van der Waals surface area contributed by atoms with Crippen molar-refractivity contribution in [2.45, 2.75) is 31.4 Å². The number of thioether (sulfide) groups is 1. The zero-order valence-electron chi connectivity index (χ0n) is 12.2. The van der Waals surface area contributed by atoms with Gasteiger partial charge < -0.3 is 16.0 Å². The lowest BCUT2D eigenvalue weighted by molar-refractivity contribution is 0.0955. The average molecular weight is 314 g/mol. The Hall–Kier alpha value is -0.950. The Morgan fingerprint density at radius 1 is 1.50 bits per heavy atom. The SMILES string of the molecule is CSC(C)(C)CNC(=O)c1sc(N2CCCC2)nc1N. The fourth-order valence-corrected chi connectivity index (χ4v) is 3.14. The van der Waals surface area contributed by atoms with Crippen LogP contribution in [-0.2, 0) is 0 Å². The van der Waals surface area contributed by atoms with Crippen molar-refractivity contribution in [2.24, 2.45) is 0 Å². The molecule has 20 heavy (non-hydrogen) atoms. The van der Waals surface area contributed by atoms with Crippen LogP contribution in [0, 0.1) is 0 Å². The zero-order valence-corrected chi connectivity index (χ0v) is 13.9. The van der Waals surface area contributed by atoms with Crippen LogP contribution >= 0.6 is 23.1 Å². The molecule has 1 aromatic heterocycles. The van der Waals surface area contributed by atoms with Gasteiger partial charge in [0.05, 0.1) is 0 Å². The van der Waals surface area contributed by atoms with Crippen molar-refractivity contribution in [2.75, 3.05) is 36.5 Å². The van der Waals surface area contributed by atoms with E-state index in [-0.39, 0.29) is 10.7 Å². The molecule has 0 spiro atoms. The Kier molecular flexibility index (Phi) is 4.80. The number of aromatic nitrogens is 1. The molecule has 112 valence electrons. The van der Waals surface area contributed by atoms with Crippen molar-refractivity contribution in [3.05, 3.63) is 4.88 Å². The molecule has 1 fully saturated rings. The van der Waals surface area contributed by atoms with Crippen LogP contribution in [0.3, 0.4) is 0 Å². The van der Waals surface area contributed by atoms with Crippen molar-refractivity contribution < 1.29 is 4.79 Å². The highest BCUT2D eigenvalue weighted by molar-refractivity contribution is 7.99. The Balaban J connectivity index is 2.02. The maximum atomic E-state index is 12.2. The van der Waals surface area contributed by atoms with Gasteiger partial charge in [-0.25, -0.2) is 4.98 Å². The number of rotatable bonds is 5. The summed E-state index contributed by atoms with van der Waals surface area (Å²) in [5.74, 6) is 0.226. The van der Waals surface area contributed by atoms with Gasteiger partial charge in [-0.1, -0.05) is 11.3 Å². The number of nitrogens with zero attached hydrogens (tertiary/aromatic N) is 2. The summed E-state index contributed by atoms with van der Waals surface area (Å²) < 4.78 is 0.0207. The van der Waals surface area contributed by atoms with Gasteiger partial charge in [0, 0.05) is 24.4 Å². The third kappa shape index (κ3) is 3.58. The Morgan fingerprint density at radius 2 is 2.15 bits per heavy atom. The van der Waals surface area contributed by atoms with Crippen molar-refractivity contribution in [1.82, 2.24) is 10.3 Å². The van der Waals surface area contributed by atoms with Gasteiger partial charge in [0.2, 0.25) is 0 Å². The molecule has 0 saturated carbocycles. The van der Waals surface area contributed by atoms with E-state index in [0.717, 1.165) is 18.2 Å². The maximum absolute atomic E-state index is 12.2. The molecule has 1 amide bonds. The van der Waals surface area contributed by atoms with E-state index < -0.39 is 0 Å². The second-order valence-electron chi connectivity index (χ2n) is 5.55. The lowest BCUT2D eigenvalue weighted by Crippen LogP contribution is -2.36. The molecule has 0 bridgehead atoms. The summed E-state index contributed by atoms with van der Waals surface area (Å²) in [4.78, 5) is 19.3. The molecule has 0 radical (unpaired) electrons. The van der Waals surface area contributed by atoms with Crippen LogP contribution < -0.4 is 16.0 Å². The monoisotopic (exact) mass is 314 g/mol. The second-order valence-corrected chi connectivity index (χ2v) is 8.04. The fourth-order valence-electron chi connectivity index (χ4n) is 1.97. The number of hydrogen-bond donors (Lipinski definition) is 2. The molecule has 3 N–H and O–H groups in total. The summed E-state index contributed by atoms with van der Waals surface area (Å²) in [6, 6.07) is 0. The molecule has 1 aliphatic heterocycles. The van der Waals surface area contributed by atoms with E-state index in [1.54, 1.807) is 11.8 Å². The van der Waals surface area contributed by atoms with E-state index in [0.29, 0.717) is 17.2 Å². The number of nitrogens with one attached hydrogen (secondary N) is 1. The maximum Gasteiger partial charge on any atom is 0.265 e. The molecule has 1 saturated heterocycles. The normalized spacial score (nSPS) is 15.7. The van der Waals surface area contributed by atoms with Crippen molar-refractivity contribution in [1.29, 1.82) is 0 Å². The zero-order chi connectivity index (χ0) is 14.8. The lowest BCUT2D eigenvalue weighted by atomic mass is 10.2. The first-order chi connectivity index (χ1) is 9.43. The molecule has 0 atom stereocenters. The number of nitrogen functional groups attached to an aromatic ring is 1. The summed E-state index contributed by atoms with van der Waals surface area (Å²) in [7, 11) is 0. The number of carbonyl (C=O) groups is 1. The first kappa shape index (κ1) is 15.4. The lowest BCUT2D eigenvalue weighted by Gasteiger charge is -2.21. The molecule has 0 unspecified atom stereocenters. The van der Waals surface area contributed by atoms with Gasteiger partial charge in [0.1, 0.15) is 10.7 Å². The molecule has 0 aromatic carbocycles. The van der Waals surface area contributed by atoms with Crippen LogP contribution in [0.2, 0.25) is 0 Å². The van der Waals surface area contributed by atoms with Gasteiger partial charge >= 0.3 is 0 Å². The van der Waals surface area contributed by atoms with E-state index in [4.69, 9.17) is 5.73 Å². The summed E-state index contributed by atoms with van der Waals surface area (Å²) in [6.45, 7) is 6.83. The summed E-state index contributed by atoms with van der Waals surface area (Å²) in [6.07, 6.45) is 4.41. The van der Waals surface area contributed by atoms with Crippen LogP contribution in [-0.4, -0.2) is 41.5 Å². The highest BCUT2D eigenvalue weighted by Gasteiger charge is 2.23. The highest BCUT2D eigenvalue weighted by atomic mass is 32.2. The second kappa shape index (κ2) is 6.22. The van der Waals surface area contributed by atoms with Crippen LogP contribution in [0.25, 0.3) is 0 Å². The Labute approximate surface area is 128 Å². The van der Waals surface area contributed by atoms with Crippen LogP contribution in [0.15, 0.2) is 0 Å². The molecular formula is C13H22N4OS2. The highest BCUT2D eigenvalue weighted by Crippen LogP contribution is 2.30. The largest absolute Gasteiger partial charge is 0.382 e. The third-order valence-electron chi connectivity index (χ3n) is 3.45. The van der Waals surface area contributed by atoms with Crippen LogP contribution in [0.5, 0.6) is 0 Å². The number of amides is 1. The predicted octanol–water partition coefficient (Wildman–Crippen LogP) is 2.20. The molecular weight excluding hydrogens is 292 g/mol. The minimum atomic E-state index is -0.118. The molecule has 2 heterocycles. The van der Waals surface area contributed by atoms with Crippen LogP contribution in [0.1, 0.15) is 36.4 Å². The molecule has 1 aliphatic rings. The molecule has 5 nitrogen and oxygen atoms in total. The smallest absolute Gasteiger partial charge is 0.265 e. The fraction of sp³-hybridized carbons (Fsp3) is 0.692.